The van der Waals surface area contributed by atoms with Crippen LogP contribution in [0.5, 0.6) is 0 Å². The number of nitriles is 1. The van der Waals surface area contributed by atoms with Crippen LogP contribution in [-0.4, -0.2) is 12.1 Å². The smallest absolute Gasteiger partial charge is 0.309 e. The molecule has 0 aromatic heterocycles. The van der Waals surface area contributed by atoms with E-state index in [1.807, 2.05) is 6.08 Å². The van der Waals surface area contributed by atoms with Gasteiger partial charge in [-0.15, -0.1) is 0 Å². The molecule has 0 bridgehead atoms. The highest BCUT2D eigenvalue weighted by atomic mass is 16.5. The van der Waals surface area contributed by atoms with Crippen molar-refractivity contribution in [3.63, 3.8) is 0 Å². The second-order valence-corrected chi connectivity index (χ2v) is 9.21. The molecule has 3 nitrogen and oxygen atoms in total. The quantitative estimate of drug-likeness (QED) is 0.268. The number of benzene rings is 1. The zero-order valence-corrected chi connectivity index (χ0v) is 18.5. The largest absolute Gasteiger partial charge is 0.462 e. The van der Waals surface area contributed by atoms with E-state index in [0.29, 0.717) is 11.8 Å². The molecule has 0 amide bonds. The normalized spacial score (nSPS) is 26.9. The van der Waals surface area contributed by atoms with Crippen LogP contribution >= 0.6 is 0 Å². The van der Waals surface area contributed by atoms with Crippen molar-refractivity contribution in [3.8, 4) is 6.07 Å². The van der Waals surface area contributed by atoms with Crippen molar-refractivity contribution >= 4 is 5.97 Å². The van der Waals surface area contributed by atoms with Crippen molar-refractivity contribution in [2.75, 3.05) is 0 Å². The number of allylic oxidation sites excluding steroid dienone is 2. The molecule has 0 N–H and O–H groups in total. The number of hydrogen-bond donors (Lipinski definition) is 0. The fourth-order valence-electron chi connectivity index (χ4n) is 5.04. The molecule has 30 heavy (non-hydrogen) atoms. The van der Waals surface area contributed by atoms with E-state index in [-0.39, 0.29) is 18.0 Å². The number of carbonyl (C=O) groups excluding carboxylic acids is 1. The van der Waals surface area contributed by atoms with Gasteiger partial charge in [-0.05, 0) is 87.2 Å². The fraction of sp³-hybridized carbons (Fsp3) is 0.630. The Kier molecular flexibility index (Phi) is 9.00. The van der Waals surface area contributed by atoms with Crippen LogP contribution in [0.15, 0.2) is 36.4 Å². The molecule has 3 heteroatoms. The first-order chi connectivity index (χ1) is 14.7. The lowest BCUT2D eigenvalue weighted by Gasteiger charge is -2.31. The number of aryl methyl sites for hydroxylation is 1. The first-order valence-electron chi connectivity index (χ1n) is 12.0. The molecule has 0 atom stereocenters. The molecule has 0 saturated heterocycles. The van der Waals surface area contributed by atoms with Gasteiger partial charge in [0.05, 0.1) is 12.0 Å². The van der Waals surface area contributed by atoms with Crippen LogP contribution in [0, 0.1) is 23.2 Å². The fourth-order valence-corrected chi connectivity index (χ4v) is 5.04. The van der Waals surface area contributed by atoms with Gasteiger partial charge in [-0.25, -0.2) is 0 Å². The van der Waals surface area contributed by atoms with Gasteiger partial charge in [0, 0.05) is 6.08 Å². The van der Waals surface area contributed by atoms with E-state index in [4.69, 9.17) is 10.00 Å². The molecule has 1 aromatic rings. The Morgan fingerprint density at radius 1 is 1.03 bits per heavy atom. The number of unbranched alkanes of at least 4 members (excludes halogenated alkanes) is 2. The average molecular weight is 408 g/mol. The third kappa shape index (κ3) is 6.73. The predicted molar refractivity (Wildman–Crippen MR) is 121 cm³/mol. The Balaban J connectivity index is 1.39. The van der Waals surface area contributed by atoms with E-state index < -0.39 is 0 Å². The number of esters is 1. The molecule has 2 aliphatic rings. The number of carbonyl (C=O) groups is 1. The van der Waals surface area contributed by atoms with Crippen LogP contribution in [-0.2, 0) is 16.0 Å². The summed E-state index contributed by atoms with van der Waals surface area (Å²) in [6.45, 7) is 2.25. The molecule has 162 valence electrons. The van der Waals surface area contributed by atoms with Crippen LogP contribution < -0.4 is 0 Å². The average Bonchev–Trinajstić information content (AvgIpc) is 2.79. The topological polar surface area (TPSA) is 50.1 Å². The summed E-state index contributed by atoms with van der Waals surface area (Å²) in [4.78, 5) is 12.7. The zero-order chi connectivity index (χ0) is 21.2. The SMILES string of the molecule is CCCCCc1ccc([C@H]2CC[C@H](C(=O)OC3CCC(/C=C/C#N)CC3)CC2)cc1. The molecule has 3 rings (SSSR count). The lowest BCUT2D eigenvalue weighted by Crippen LogP contribution is -2.29. The highest BCUT2D eigenvalue weighted by Crippen LogP contribution is 2.37. The van der Waals surface area contributed by atoms with Gasteiger partial charge in [0.1, 0.15) is 6.10 Å². The molecule has 0 unspecified atom stereocenters. The first kappa shape index (κ1) is 22.6. The Labute approximate surface area is 182 Å². The van der Waals surface area contributed by atoms with Crippen molar-refractivity contribution in [1.82, 2.24) is 0 Å². The number of nitrogens with zero attached hydrogens (tertiary/aromatic N) is 1. The maximum Gasteiger partial charge on any atom is 0.309 e. The van der Waals surface area contributed by atoms with E-state index >= 15 is 0 Å². The van der Waals surface area contributed by atoms with Crippen LogP contribution in [0.4, 0.5) is 0 Å². The minimum Gasteiger partial charge on any atom is -0.462 e. The van der Waals surface area contributed by atoms with E-state index in [2.05, 4.69) is 37.3 Å². The minimum atomic E-state index is 0.0238. The number of rotatable bonds is 8. The van der Waals surface area contributed by atoms with Crippen molar-refractivity contribution in [2.24, 2.45) is 11.8 Å². The highest BCUT2D eigenvalue weighted by Gasteiger charge is 2.30. The number of hydrogen-bond acceptors (Lipinski definition) is 3. The van der Waals surface area contributed by atoms with Gasteiger partial charge >= 0.3 is 5.97 Å². The summed E-state index contributed by atoms with van der Waals surface area (Å²) in [5.74, 6) is 1.15. The summed E-state index contributed by atoms with van der Waals surface area (Å²) in [6, 6.07) is 11.3. The van der Waals surface area contributed by atoms with Gasteiger partial charge in [0.15, 0.2) is 0 Å². The maximum absolute atomic E-state index is 12.7. The van der Waals surface area contributed by atoms with Crippen LogP contribution in [0.3, 0.4) is 0 Å². The monoisotopic (exact) mass is 407 g/mol. The molecule has 0 radical (unpaired) electrons. The third-order valence-corrected chi connectivity index (χ3v) is 7.03. The molecule has 2 aliphatic carbocycles. The van der Waals surface area contributed by atoms with Crippen LogP contribution in [0.1, 0.15) is 94.6 Å². The molecule has 0 spiro atoms. The van der Waals surface area contributed by atoms with Gasteiger partial charge in [0.25, 0.3) is 0 Å². The van der Waals surface area contributed by atoms with E-state index in [1.165, 1.54) is 36.8 Å². The molecule has 0 heterocycles. The summed E-state index contributed by atoms with van der Waals surface area (Å²) >= 11 is 0. The van der Waals surface area contributed by atoms with Crippen LogP contribution in [0.2, 0.25) is 0 Å². The van der Waals surface area contributed by atoms with Gasteiger partial charge in [0.2, 0.25) is 0 Å². The van der Waals surface area contributed by atoms with E-state index in [9.17, 15) is 4.79 Å². The second-order valence-electron chi connectivity index (χ2n) is 9.21. The molecule has 0 aliphatic heterocycles. The van der Waals surface area contributed by atoms with Crippen LogP contribution in [0.25, 0.3) is 0 Å². The third-order valence-electron chi connectivity index (χ3n) is 7.03. The van der Waals surface area contributed by atoms with Gasteiger partial charge in [-0.3, -0.25) is 4.79 Å². The van der Waals surface area contributed by atoms with Crippen molar-refractivity contribution in [1.29, 1.82) is 5.26 Å². The molecule has 1 aromatic carbocycles. The molecular weight excluding hydrogens is 370 g/mol. The Bertz CT molecular complexity index is 714. The summed E-state index contributed by atoms with van der Waals surface area (Å²) in [5, 5.41) is 8.65. The standard InChI is InChI=1S/C27H37NO2/c1-2-3-4-6-21-8-12-23(13-9-21)24-14-16-25(17-15-24)27(29)30-26-18-10-22(11-19-26)7-5-20-28/h5,7-9,12-13,22,24-26H,2-4,6,10-11,14-19H2,1H3/b7-5+/t22?,24-,25-,26?. The van der Waals surface area contributed by atoms with Gasteiger partial charge in [-0.1, -0.05) is 50.1 Å². The first-order valence-corrected chi connectivity index (χ1v) is 12.0. The van der Waals surface area contributed by atoms with Gasteiger partial charge < -0.3 is 4.74 Å². The van der Waals surface area contributed by atoms with E-state index in [1.54, 1.807) is 6.08 Å². The lowest BCUT2D eigenvalue weighted by atomic mass is 9.78. The second kappa shape index (κ2) is 11.9. The highest BCUT2D eigenvalue weighted by molar-refractivity contribution is 5.72. The summed E-state index contributed by atoms with van der Waals surface area (Å²) in [7, 11) is 0. The molecular formula is C27H37NO2. The predicted octanol–water partition coefficient (Wildman–Crippen LogP) is 6.87. The summed E-state index contributed by atoms with van der Waals surface area (Å²) in [5.41, 5.74) is 2.88. The Morgan fingerprint density at radius 3 is 2.37 bits per heavy atom. The van der Waals surface area contributed by atoms with Crippen molar-refractivity contribution < 1.29 is 9.53 Å². The Hall–Kier alpha value is -2.08. The zero-order valence-electron chi connectivity index (χ0n) is 18.5. The number of ether oxygens (including phenoxy) is 1. The molecule has 2 saturated carbocycles. The van der Waals surface area contributed by atoms with Crippen molar-refractivity contribution in [2.45, 2.75) is 96.0 Å². The van der Waals surface area contributed by atoms with Crippen molar-refractivity contribution in [3.05, 3.63) is 47.5 Å². The minimum absolute atomic E-state index is 0.0238. The van der Waals surface area contributed by atoms with Gasteiger partial charge in [-0.2, -0.15) is 5.26 Å². The van der Waals surface area contributed by atoms with E-state index in [0.717, 1.165) is 51.4 Å². The summed E-state index contributed by atoms with van der Waals surface area (Å²) in [6.07, 6.45) is 16.6. The summed E-state index contributed by atoms with van der Waals surface area (Å²) < 4.78 is 5.86. The maximum atomic E-state index is 12.7. The molecule has 2 fully saturated rings. The lowest BCUT2D eigenvalue weighted by molar-refractivity contribution is -0.157. The Morgan fingerprint density at radius 2 is 1.73 bits per heavy atom.